The summed E-state index contributed by atoms with van der Waals surface area (Å²) in [5.41, 5.74) is 0. The first-order valence-electron chi connectivity index (χ1n) is 5.12. The Morgan fingerprint density at radius 3 is 2.88 bits per heavy atom. The lowest BCUT2D eigenvalue weighted by molar-refractivity contribution is -0.122. The number of rotatable bonds is 6. The van der Waals surface area contributed by atoms with Crippen LogP contribution in [0.5, 0.6) is 0 Å². The summed E-state index contributed by atoms with van der Waals surface area (Å²) >= 11 is 0. The lowest BCUT2D eigenvalue weighted by Gasteiger charge is -2.10. The molecule has 1 rings (SSSR count). The Bertz CT molecular complexity index is 323. The molecule has 0 aromatic heterocycles. The van der Waals surface area contributed by atoms with Crippen molar-refractivity contribution in [3.8, 4) is 0 Å². The summed E-state index contributed by atoms with van der Waals surface area (Å²) in [6.45, 7) is 1.04. The summed E-state index contributed by atoms with van der Waals surface area (Å²) < 4.78 is 32.7. The Morgan fingerprint density at radius 1 is 1.56 bits per heavy atom. The van der Waals surface area contributed by atoms with Gasteiger partial charge in [-0.1, -0.05) is 0 Å². The Hall–Kier alpha value is -0.700. The van der Waals surface area contributed by atoms with E-state index in [0.29, 0.717) is 13.0 Å². The number of nitrogens with one attached hydrogen (secondary N) is 2. The molecule has 0 unspecified atom stereocenters. The molecule has 8 heteroatoms. The van der Waals surface area contributed by atoms with E-state index in [0.717, 1.165) is 19.4 Å². The van der Waals surface area contributed by atoms with E-state index in [-0.39, 0.29) is 18.6 Å². The Balaban J connectivity index is 2.04. The number of carbonyl (C=O) groups is 1. The molecule has 0 spiro atoms. The second kappa shape index (κ2) is 6.14. The average molecular weight is 252 g/mol. The fourth-order valence-electron chi connectivity index (χ4n) is 1.48. The van der Waals surface area contributed by atoms with Gasteiger partial charge in [0.25, 0.3) is 0 Å². The lowest BCUT2D eigenvalue weighted by Crippen LogP contribution is -2.40. The van der Waals surface area contributed by atoms with E-state index in [2.05, 4.69) is 14.8 Å². The molecule has 0 aromatic carbocycles. The van der Waals surface area contributed by atoms with Gasteiger partial charge in [-0.25, -0.2) is 4.18 Å². The van der Waals surface area contributed by atoms with Crippen LogP contribution in [-0.4, -0.2) is 44.6 Å². The molecule has 0 aromatic rings. The maximum absolute atomic E-state index is 11.4. The molecule has 1 saturated heterocycles. The van der Waals surface area contributed by atoms with Crippen LogP contribution in [0.3, 0.4) is 0 Å². The van der Waals surface area contributed by atoms with Gasteiger partial charge in [-0.15, -0.1) is 0 Å². The molecule has 1 amide bonds. The molecule has 16 heavy (non-hydrogen) atoms. The number of hydrogen-bond acceptors (Lipinski definition) is 5. The highest BCUT2D eigenvalue weighted by Gasteiger charge is 2.21. The van der Waals surface area contributed by atoms with Crippen LogP contribution in [0.15, 0.2) is 0 Å². The van der Waals surface area contributed by atoms with Gasteiger partial charge >= 0.3 is 10.4 Å². The van der Waals surface area contributed by atoms with Crippen LogP contribution >= 0.6 is 0 Å². The third-order valence-corrected chi connectivity index (χ3v) is 2.69. The normalized spacial score (nSPS) is 20.9. The molecular weight excluding hydrogens is 236 g/mol. The zero-order valence-corrected chi connectivity index (χ0v) is 9.62. The molecule has 0 saturated carbocycles. The maximum atomic E-state index is 11.4. The molecule has 1 heterocycles. The molecule has 7 nitrogen and oxygen atoms in total. The van der Waals surface area contributed by atoms with Crippen molar-refractivity contribution < 1.29 is 21.9 Å². The van der Waals surface area contributed by atoms with Crippen LogP contribution in [0.1, 0.15) is 19.3 Å². The first-order chi connectivity index (χ1) is 7.49. The summed E-state index contributed by atoms with van der Waals surface area (Å²) in [5, 5.41) is 5.70. The quantitative estimate of drug-likeness (QED) is 0.416. The number of hydrogen-bond donors (Lipinski definition) is 3. The van der Waals surface area contributed by atoms with E-state index in [1.807, 2.05) is 0 Å². The zero-order valence-electron chi connectivity index (χ0n) is 8.81. The van der Waals surface area contributed by atoms with Crippen LogP contribution in [0.2, 0.25) is 0 Å². The van der Waals surface area contributed by atoms with E-state index in [1.165, 1.54) is 0 Å². The van der Waals surface area contributed by atoms with E-state index < -0.39 is 10.4 Å². The third kappa shape index (κ3) is 5.40. The van der Waals surface area contributed by atoms with Gasteiger partial charge in [0.05, 0.1) is 12.6 Å². The minimum atomic E-state index is -4.37. The minimum absolute atomic E-state index is 0.0793. The summed E-state index contributed by atoms with van der Waals surface area (Å²) in [5.74, 6) is -0.0793. The van der Waals surface area contributed by atoms with Crippen LogP contribution < -0.4 is 10.6 Å². The Kier molecular flexibility index (Phi) is 5.13. The van der Waals surface area contributed by atoms with E-state index in [4.69, 9.17) is 4.55 Å². The third-order valence-electron chi connectivity index (χ3n) is 2.23. The van der Waals surface area contributed by atoms with Crippen molar-refractivity contribution in [2.45, 2.75) is 25.3 Å². The molecule has 1 fully saturated rings. The van der Waals surface area contributed by atoms with Crippen LogP contribution in [0, 0.1) is 0 Å². The molecule has 1 aliphatic rings. The molecule has 0 aliphatic carbocycles. The van der Waals surface area contributed by atoms with Crippen molar-refractivity contribution in [1.82, 2.24) is 10.6 Å². The molecule has 0 bridgehead atoms. The second-order valence-corrected chi connectivity index (χ2v) is 4.63. The van der Waals surface area contributed by atoms with Gasteiger partial charge in [-0.3, -0.25) is 9.35 Å². The van der Waals surface area contributed by atoms with Gasteiger partial charge in [-0.2, -0.15) is 8.42 Å². The van der Waals surface area contributed by atoms with Crippen LogP contribution in [-0.2, 0) is 19.4 Å². The van der Waals surface area contributed by atoms with Crippen molar-refractivity contribution >= 4 is 16.3 Å². The highest BCUT2D eigenvalue weighted by atomic mass is 32.3. The van der Waals surface area contributed by atoms with Gasteiger partial charge in [0, 0.05) is 6.54 Å². The first-order valence-corrected chi connectivity index (χ1v) is 6.48. The fraction of sp³-hybridized carbons (Fsp3) is 0.875. The summed E-state index contributed by atoms with van der Waals surface area (Å²) in [6, 6.07) is -0.137. The van der Waals surface area contributed by atoms with Crippen molar-refractivity contribution in [2.24, 2.45) is 0 Å². The SMILES string of the molecule is O=C(NCCCOS(=O)(=O)O)[C@H]1CCCN1. The minimum Gasteiger partial charge on any atom is -0.355 e. The topological polar surface area (TPSA) is 105 Å². The second-order valence-electron chi connectivity index (χ2n) is 3.54. The predicted octanol–water partition coefficient (Wildman–Crippen LogP) is -0.936. The molecule has 94 valence electrons. The van der Waals surface area contributed by atoms with Crippen molar-refractivity contribution in [1.29, 1.82) is 0 Å². The molecule has 1 aliphatic heterocycles. The maximum Gasteiger partial charge on any atom is 0.397 e. The highest BCUT2D eigenvalue weighted by molar-refractivity contribution is 7.80. The van der Waals surface area contributed by atoms with Gasteiger partial charge in [0.1, 0.15) is 0 Å². The van der Waals surface area contributed by atoms with Crippen LogP contribution in [0.25, 0.3) is 0 Å². The first kappa shape index (κ1) is 13.4. The zero-order chi connectivity index (χ0) is 12.0. The Labute approximate surface area is 94.5 Å². The van der Waals surface area contributed by atoms with E-state index >= 15 is 0 Å². The monoisotopic (exact) mass is 252 g/mol. The van der Waals surface area contributed by atoms with E-state index in [9.17, 15) is 13.2 Å². The lowest BCUT2D eigenvalue weighted by atomic mass is 10.2. The summed E-state index contributed by atoms with van der Waals surface area (Å²) in [7, 11) is -4.37. The smallest absolute Gasteiger partial charge is 0.355 e. The van der Waals surface area contributed by atoms with Crippen molar-refractivity contribution in [3.05, 3.63) is 0 Å². The average Bonchev–Trinajstić information content (AvgIpc) is 2.67. The summed E-state index contributed by atoms with van der Waals surface area (Å²) in [4.78, 5) is 11.4. The van der Waals surface area contributed by atoms with Gasteiger partial charge < -0.3 is 10.6 Å². The molecule has 0 radical (unpaired) electrons. The molecular formula is C8H16N2O5S. The highest BCUT2D eigenvalue weighted by Crippen LogP contribution is 2.04. The van der Waals surface area contributed by atoms with Gasteiger partial charge in [-0.05, 0) is 25.8 Å². The van der Waals surface area contributed by atoms with Gasteiger partial charge in [0.15, 0.2) is 0 Å². The van der Waals surface area contributed by atoms with Crippen molar-refractivity contribution in [2.75, 3.05) is 19.7 Å². The van der Waals surface area contributed by atoms with Crippen LogP contribution in [0.4, 0.5) is 0 Å². The number of amides is 1. The van der Waals surface area contributed by atoms with Gasteiger partial charge in [0.2, 0.25) is 5.91 Å². The standard InChI is InChI=1S/C8H16N2O5S/c11-8(7-3-1-4-9-7)10-5-2-6-15-16(12,13)14/h7,9H,1-6H2,(H,10,11)(H,12,13,14)/t7-/m1/s1. The van der Waals surface area contributed by atoms with E-state index in [1.54, 1.807) is 0 Å². The largest absolute Gasteiger partial charge is 0.397 e. The molecule has 3 N–H and O–H groups in total. The fourth-order valence-corrected chi connectivity index (χ4v) is 1.81. The summed E-state index contributed by atoms with van der Waals surface area (Å²) in [6.07, 6.45) is 2.15. The number of carbonyl (C=O) groups excluding carboxylic acids is 1. The Morgan fingerprint density at radius 2 is 2.31 bits per heavy atom. The predicted molar refractivity (Wildman–Crippen MR) is 56.2 cm³/mol. The molecule has 1 atom stereocenters. The van der Waals surface area contributed by atoms with Crippen molar-refractivity contribution in [3.63, 3.8) is 0 Å².